The summed E-state index contributed by atoms with van der Waals surface area (Å²) < 4.78 is 5.46. The van der Waals surface area contributed by atoms with E-state index in [-0.39, 0.29) is 10.8 Å². The van der Waals surface area contributed by atoms with Crippen LogP contribution in [0.15, 0.2) is 42.5 Å². The zero-order chi connectivity index (χ0) is 18.5. The number of halogens is 1. The molecule has 1 aliphatic heterocycles. The number of rotatable bonds is 5. The number of hydrogen-bond donors (Lipinski definition) is 1. The van der Waals surface area contributed by atoms with E-state index in [1.807, 2.05) is 13.0 Å². The van der Waals surface area contributed by atoms with Gasteiger partial charge in [-0.3, -0.25) is 4.90 Å². The molecule has 2 aromatic rings. The highest BCUT2D eigenvalue weighted by molar-refractivity contribution is 7.80. The summed E-state index contributed by atoms with van der Waals surface area (Å²) in [6, 6.07) is 14.0. The van der Waals surface area contributed by atoms with Gasteiger partial charge in [0.05, 0.1) is 11.6 Å². The second kappa shape index (κ2) is 8.71. The van der Waals surface area contributed by atoms with Crippen molar-refractivity contribution < 1.29 is 9.84 Å². The summed E-state index contributed by atoms with van der Waals surface area (Å²) in [7, 11) is 0. The molecule has 0 radical (unpaired) electrons. The monoisotopic (exact) mass is 390 g/mol. The molecule has 2 aromatic carbocycles. The van der Waals surface area contributed by atoms with Crippen molar-refractivity contribution in [1.82, 2.24) is 9.80 Å². The number of hydrogen-bond acceptors (Lipinski definition) is 4. The minimum Gasteiger partial charge on any atom is -0.503 e. The number of phenolic OH excluding ortho intramolecular Hbond substituents is 1. The highest BCUT2D eigenvalue weighted by atomic mass is 35.5. The Hall–Kier alpha value is -1.82. The quantitative estimate of drug-likeness (QED) is 0.782. The van der Waals surface area contributed by atoms with Gasteiger partial charge in [-0.25, -0.2) is 0 Å². The summed E-state index contributed by atoms with van der Waals surface area (Å²) in [5.74, 6) is 0.341. The van der Waals surface area contributed by atoms with Gasteiger partial charge in [0.15, 0.2) is 11.5 Å². The first-order chi connectivity index (χ1) is 12.6. The lowest BCUT2D eigenvalue weighted by molar-refractivity contribution is 0.177. The van der Waals surface area contributed by atoms with Crippen molar-refractivity contribution >= 4 is 28.8 Å². The van der Waals surface area contributed by atoms with Gasteiger partial charge in [-0.05, 0) is 24.6 Å². The molecule has 0 atom stereocenters. The van der Waals surface area contributed by atoms with Gasteiger partial charge in [-0.15, -0.1) is 0 Å². The zero-order valence-corrected chi connectivity index (χ0v) is 16.4. The Kier molecular flexibility index (Phi) is 6.35. The maximum atomic E-state index is 10.00. The van der Waals surface area contributed by atoms with Gasteiger partial charge in [0, 0.05) is 38.3 Å². The first kappa shape index (κ1) is 19.0. The number of phenols is 1. The molecule has 4 nitrogen and oxygen atoms in total. The van der Waals surface area contributed by atoms with E-state index >= 15 is 0 Å². The highest BCUT2D eigenvalue weighted by Crippen LogP contribution is 2.35. The molecule has 1 saturated heterocycles. The van der Waals surface area contributed by atoms with Crippen LogP contribution in [0.3, 0.4) is 0 Å². The van der Waals surface area contributed by atoms with E-state index in [0.717, 1.165) is 43.3 Å². The highest BCUT2D eigenvalue weighted by Gasteiger charge is 2.21. The van der Waals surface area contributed by atoms with Gasteiger partial charge >= 0.3 is 0 Å². The summed E-state index contributed by atoms with van der Waals surface area (Å²) in [4.78, 5) is 5.37. The first-order valence-corrected chi connectivity index (χ1v) is 9.58. The zero-order valence-electron chi connectivity index (χ0n) is 14.8. The van der Waals surface area contributed by atoms with Crippen LogP contribution in [0.5, 0.6) is 11.5 Å². The predicted molar refractivity (Wildman–Crippen MR) is 109 cm³/mol. The van der Waals surface area contributed by atoms with Crippen molar-refractivity contribution in [2.24, 2.45) is 0 Å². The number of aromatic hydroxyl groups is 1. The van der Waals surface area contributed by atoms with Gasteiger partial charge in [0.1, 0.15) is 4.99 Å². The molecule has 3 rings (SSSR count). The molecule has 6 heteroatoms. The first-order valence-electron chi connectivity index (χ1n) is 8.79. The summed E-state index contributed by atoms with van der Waals surface area (Å²) in [5.41, 5.74) is 2.14. The van der Waals surface area contributed by atoms with Crippen molar-refractivity contribution in [3.63, 3.8) is 0 Å². The third kappa shape index (κ3) is 4.47. The fourth-order valence-electron chi connectivity index (χ4n) is 3.10. The van der Waals surface area contributed by atoms with Crippen LogP contribution in [0.25, 0.3) is 0 Å². The van der Waals surface area contributed by atoms with E-state index < -0.39 is 0 Å². The van der Waals surface area contributed by atoms with E-state index in [4.69, 9.17) is 28.6 Å². The second-order valence-corrected chi connectivity index (χ2v) is 7.09. The van der Waals surface area contributed by atoms with Crippen molar-refractivity contribution in [3.05, 3.63) is 58.6 Å². The average Bonchev–Trinajstić information content (AvgIpc) is 2.66. The van der Waals surface area contributed by atoms with E-state index in [1.54, 1.807) is 12.1 Å². The summed E-state index contributed by atoms with van der Waals surface area (Å²) >= 11 is 11.8. The third-order valence-corrected chi connectivity index (χ3v) is 5.27. The minimum absolute atomic E-state index is 0.0345. The van der Waals surface area contributed by atoms with E-state index in [0.29, 0.717) is 12.4 Å². The number of nitrogens with zero attached hydrogens (tertiary/aromatic N) is 2. The third-order valence-electron chi connectivity index (χ3n) is 4.48. The molecule has 1 fully saturated rings. The summed E-state index contributed by atoms with van der Waals surface area (Å²) in [5, 5.41) is 10.3. The average molecular weight is 391 g/mol. The van der Waals surface area contributed by atoms with E-state index in [1.165, 1.54) is 5.56 Å². The fraction of sp³-hybridized carbons (Fsp3) is 0.350. The van der Waals surface area contributed by atoms with Gasteiger partial charge in [-0.2, -0.15) is 0 Å². The van der Waals surface area contributed by atoms with Crippen molar-refractivity contribution in [2.45, 2.75) is 13.5 Å². The Morgan fingerprint density at radius 1 is 1.15 bits per heavy atom. The Balaban J connectivity index is 1.63. The molecule has 1 N–H and O–H groups in total. The van der Waals surface area contributed by atoms with Crippen LogP contribution in [-0.4, -0.2) is 52.7 Å². The van der Waals surface area contributed by atoms with Crippen molar-refractivity contribution in [2.75, 3.05) is 32.8 Å². The maximum Gasteiger partial charge on any atom is 0.176 e. The molecule has 0 spiro atoms. The molecule has 0 saturated carbocycles. The van der Waals surface area contributed by atoms with Crippen LogP contribution < -0.4 is 4.74 Å². The predicted octanol–water partition coefficient (Wildman–Crippen LogP) is 3.94. The Bertz CT molecular complexity index is 762. The van der Waals surface area contributed by atoms with Crippen LogP contribution in [0.1, 0.15) is 18.1 Å². The molecular formula is C20H23ClN2O2S. The van der Waals surface area contributed by atoms with Crippen molar-refractivity contribution in [3.8, 4) is 11.5 Å². The lowest BCUT2D eigenvalue weighted by Crippen LogP contribution is -2.48. The van der Waals surface area contributed by atoms with Crippen molar-refractivity contribution in [1.29, 1.82) is 0 Å². The van der Waals surface area contributed by atoms with Crippen LogP contribution in [0, 0.1) is 0 Å². The van der Waals surface area contributed by atoms with Crippen LogP contribution in [-0.2, 0) is 6.54 Å². The Morgan fingerprint density at radius 3 is 2.50 bits per heavy atom. The smallest absolute Gasteiger partial charge is 0.176 e. The van der Waals surface area contributed by atoms with Gasteiger partial charge in [0.2, 0.25) is 0 Å². The van der Waals surface area contributed by atoms with Gasteiger partial charge in [0.25, 0.3) is 0 Å². The molecule has 0 aliphatic carbocycles. The minimum atomic E-state index is -0.0345. The normalized spacial score (nSPS) is 15.1. The summed E-state index contributed by atoms with van der Waals surface area (Å²) in [6.45, 7) is 6.93. The van der Waals surface area contributed by atoms with Crippen LogP contribution >= 0.6 is 23.8 Å². The molecule has 1 aliphatic rings. The number of thiocarbonyl (C=S) groups is 1. The molecule has 26 heavy (non-hydrogen) atoms. The molecule has 1 heterocycles. The topological polar surface area (TPSA) is 35.9 Å². The molecule has 138 valence electrons. The standard InChI is InChI=1S/C20H23ClN2O2S/c1-2-25-18-13-16(12-17(21)19(18)24)20(26)23-10-8-22(9-11-23)14-15-6-4-3-5-7-15/h3-7,12-13,24H,2,8-11,14H2,1H3. The lowest BCUT2D eigenvalue weighted by atomic mass is 10.1. The Morgan fingerprint density at radius 2 is 1.85 bits per heavy atom. The number of ether oxygens (including phenoxy) is 1. The van der Waals surface area contributed by atoms with Crippen LogP contribution in [0.2, 0.25) is 5.02 Å². The molecular weight excluding hydrogens is 368 g/mol. The number of benzene rings is 2. The molecule has 0 amide bonds. The Labute approximate surface area is 164 Å². The van der Waals surface area contributed by atoms with Gasteiger partial charge in [-0.1, -0.05) is 54.2 Å². The lowest BCUT2D eigenvalue weighted by Gasteiger charge is -2.36. The van der Waals surface area contributed by atoms with Gasteiger partial charge < -0.3 is 14.7 Å². The molecule has 0 unspecified atom stereocenters. The molecule has 0 bridgehead atoms. The van der Waals surface area contributed by atoms with E-state index in [9.17, 15) is 5.11 Å². The SMILES string of the molecule is CCOc1cc(C(=S)N2CCN(Cc3ccccc3)CC2)cc(Cl)c1O. The largest absolute Gasteiger partial charge is 0.503 e. The summed E-state index contributed by atoms with van der Waals surface area (Å²) in [6.07, 6.45) is 0. The molecule has 0 aromatic heterocycles. The van der Waals surface area contributed by atoms with Crippen LogP contribution in [0.4, 0.5) is 0 Å². The second-order valence-electron chi connectivity index (χ2n) is 6.29. The number of piperazine rings is 1. The maximum absolute atomic E-state index is 10.00. The van der Waals surface area contributed by atoms with E-state index in [2.05, 4.69) is 34.1 Å². The fourth-order valence-corrected chi connectivity index (χ4v) is 3.61.